The maximum absolute atomic E-state index is 14.5. The fraction of sp³-hybridized carbons (Fsp3) is 0.412. The van der Waals surface area contributed by atoms with Crippen LogP contribution in [0.2, 0.25) is 0 Å². The van der Waals surface area contributed by atoms with E-state index in [9.17, 15) is 28.0 Å². The fourth-order valence-electron chi connectivity index (χ4n) is 17.5. The van der Waals surface area contributed by atoms with E-state index in [-0.39, 0.29) is 41.5 Å². The summed E-state index contributed by atoms with van der Waals surface area (Å²) in [5.41, 5.74) is 20.9. The number of carbonyl (C=O) groups is 4. The van der Waals surface area contributed by atoms with Gasteiger partial charge in [-0.2, -0.15) is 20.4 Å². The number of morpholine rings is 1. The summed E-state index contributed by atoms with van der Waals surface area (Å²) < 4.78 is 52.9. The molecule has 4 aliphatic heterocycles. The number of rotatable bonds is 25. The van der Waals surface area contributed by atoms with Crippen molar-refractivity contribution in [1.82, 2.24) is 90.1 Å². The van der Waals surface area contributed by atoms with Crippen molar-refractivity contribution in [3.8, 4) is 67.3 Å². The molecule has 31 heteroatoms. The van der Waals surface area contributed by atoms with Gasteiger partial charge < -0.3 is 66.1 Å². The van der Waals surface area contributed by atoms with Crippen LogP contribution in [0, 0.1) is 33.5 Å². The lowest BCUT2D eigenvalue weighted by atomic mass is 9.95. The van der Waals surface area contributed by atoms with Crippen molar-refractivity contribution in [3.05, 3.63) is 240 Å². The number of amides is 4. The lowest BCUT2D eigenvalue weighted by molar-refractivity contribution is -0.0986. The lowest BCUT2D eigenvalue weighted by Gasteiger charge is -2.35. The van der Waals surface area contributed by atoms with Gasteiger partial charge >= 0.3 is 0 Å². The number of piperidine rings is 2. The summed E-state index contributed by atoms with van der Waals surface area (Å²) in [6, 6.07) is 30.6. The van der Waals surface area contributed by atoms with E-state index in [1.807, 2.05) is 167 Å². The van der Waals surface area contributed by atoms with Crippen LogP contribution in [0.1, 0.15) is 166 Å². The molecule has 29 nitrogen and oxygen atoms in total. The van der Waals surface area contributed by atoms with Gasteiger partial charge in [0.1, 0.15) is 12.0 Å². The summed E-state index contributed by atoms with van der Waals surface area (Å²) in [5, 5.41) is 40.8. The first-order chi connectivity index (χ1) is 64.8. The highest BCUT2D eigenvalue weighted by molar-refractivity contribution is 5.98. The average molecular weight is 1800 g/mol. The van der Waals surface area contributed by atoms with Crippen LogP contribution in [0.3, 0.4) is 0 Å². The van der Waals surface area contributed by atoms with Crippen LogP contribution in [0.4, 0.5) is 31.5 Å². The second-order valence-electron chi connectivity index (χ2n) is 36.8. The van der Waals surface area contributed by atoms with E-state index in [0.29, 0.717) is 90.9 Å². The molecule has 1 unspecified atom stereocenters. The van der Waals surface area contributed by atoms with E-state index in [1.165, 1.54) is 38.2 Å². The number of likely N-dealkylation sites (tertiary alicyclic amines) is 2. The number of alkyl halides is 1. The van der Waals surface area contributed by atoms with Crippen LogP contribution in [0.15, 0.2) is 190 Å². The highest BCUT2D eigenvalue weighted by atomic mass is 19.1. The molecule has 692 valence electrons. The first-order valence-corrected chi connectivity index (χ1v) is 47.0. The molecule has 4 saturated heterocycles. The van der Waals surface area contributed by atoms with Gasteiger partial charge in [-0.25, -0.2) is 27.5 Å². The maximum Gasteiger partial charge on any atom is 0.254 e. The van der Waals surface area contributed by atoms with Gasteiger partial charge in [-0.15, -0.1) is 0 Å². The smallest absolute Gasteiger partial charge is 0.254 e. The van der Waals surface area contributed by atoms with Crippen molar-refractivity contribution in [3.63, 3.8) is 0 Å². The number of hydrogen-bond donors (Lipinski definition) is 7. The summed E-state index contributed by atoms with van der Waals surface area (Å²) in [4.78, 5) is 74.3. The summed E-state index contributed by atoms with van der Waals surface area (Å²) >= 11 is 0. The highest BCUT2D eigenvalue weighted by Crippen LogP contribution is 2.35. The molecule has 21 rings (SSSR count). The number of aromatic nitrogens is 12. The van der Waals surface area contributed by atoms with Gasteiger partial charge in [-0.05, 0) is 236 Å². The minimum absolute atomic E-state index is 0.00169. The van der Waals surface area contributed by atoms with Crippen LogP contribution >= 0.6 is 0 Å². The van der Waals surface area contributed by atoms with Crippen LogP contribution in [0.5, 0.6) is 0 Å². The number of nitrogens with zero attached hydrogens (tertiary/aromatic N) is 15. The molecule has 9 fully saturated rings. The van der Waals surface area contributed by atoms with Crippen LogP contribution < -0.4 is 42.1 Å². The summed E-state index contributed by atoms with van der Waals surface area (Å²) in [6.07, 6.45) is 46.3. The van der Waals surface area contributed by atoms with Gasteiger partial charge in [-0.1, -0.05) is 37.5 Å². The Kier molecular flexibility index (Phi) is 28.5. The standard InChI is InChI=1S/C29H36N6O3.C25H28F2N6O.C25H29N5O.C23H25N5O2/c1-20-2-3-21(29(36)33-23-4-5-23)12-28(20)22-14-31-35(17-22)26-13-25(15-30-16-26)32-24-6-8-34(9-7-24)18-27-19-37-10-11-38-27;1-15-7-22(26)21(25(34)31-17-3-4-17)9-20(15)16-10-29-33(13-16)19-8-18(11-28-12-19)30-24-5-6-32(2)14-23(24)27;1-17-7-8-18(25(31)29-21-9-10-21)11-24(17)19-13-27-30(16-19)23-12-22(14-26-15-23)28-20-5-3-2-4-6-20;1-16-2-3-17(23(29)26-19-4-5-19)10-22(16)18-12-25-28(15-18)21-11-20(13-24-14-21)27-6-8-30-9-7-27/h2-3,12-17,23-24,27,32H,4-11,18-19H2,1H3,(H,33,36);7-13,17,23-24,30H,3-6,14H2,1-2H3,(H,31,34);7-8,11-16,20-21,28H,2-6,9-10H2,1H3,(H,29,31);2-3,10-15,19H,4-9H2,1H3,(H,26,29)/t;23-,24+;;/m.1../s1. The van der Waals surface area contributed by atoms with Crippen LogP contribution in [-0.2, 0) is 14.2 Å². The van der Waals surface area contributed by atoms with Gasteiger partial charge in [0.15, 0.2) is 0 Å². The zero-order valence-electron chi connectivity index (χ0n) is 76.2. The van der Waals surface area contributed by atoms with E-state index in [4.69, 9.17) is 14.2 Å². The van der Waals surface area contributed by atoms with Crippen molar-refractivity contribution >= 4 is 46.4 Å². The van der Waals surface area contributed by atoms with Gasteiger partial charge in [-0.3, -0.25) is 39.1 Å². The first kappa shape index (κ1) is 90.6. The molecule has 5 saturated carbocycles. The third-order valence-corrected chi connectivity index (χ3v) is 26.0. The number of carbonyl (C=O) groups excluding carboxylic acids is 4. The number of aryl methyl sites for hydroxylation is 4. The Hall–Kier alpha value is -12.9. The van der Waals surface area contributed by atoms with Crippen molar-refractivity contribution in [2.45, 2.75) is 185 Å². The Bertz CT molecular complexity index is 6070. The zero-order valence-corrected chi connectivity index (χ0v) is 76.2. The predicted molar refractivity (Wildman–Crippen MR) is 510 cm³/mol. The van der Waals surface area contributed by atoms with Crippen molar-refractivity contribution in [2.75, 3.05) is 107 Å². The number of hydrogen-bond acceptors (Lipinski definition) is 21. The molecule has 3 atom stereocenters. The van der Waals surface area contributed by atoms with E-state index in [2.05, 4.69) is 126 Å². The second kappa shape index (κ2) is 41.9. The molecule has 9 aliphatic rings. The number of nitrogens with one attached hydrogen (secondary N) is 7. The van der Waals surface area contributed by atoms with Gasteiger partial charge in [0, 0.05) is 146 Å². The highest BCUT2D eigenvalue weighted by Gasteiger charge is 2.32. The minimum atomic E-state index is -0.952. The van der Waals surface area contributed by atoms with E-state index < -0.39 is 17.9 Å². The van der Waals surface area contributed by atoms with E-state index >= 15 is 0 Å². The molecule has 0 bridgehead atoms. The van der Waals surface area contributed by atoms with Crippen LogP contribution in [-0.4, -0.2) is 233 Å². The normalized spacial score (nSPS) is 18.9. The monoisotopic (exact) mass is 1800 g/mol. The van der Waals surface area contributed by atoms with E-state index in [0.717, 1.165) is 218 Å². The predicted octanol–water partition coefficient (Wildman–Crippen LogP) is 15.0. The molecule has 12 aromatic rings. The number of halogens is 2. The molecule has 8 aromatic heterocycles. The van der Waals surface area contributed by atoms with Crippen molar-refractivity contribution in [2.24, 2.45) is 0 Å². The summed E-state index contributed by atoms with van der Waals surface area (Å²) in [5.74, 6) is -0.937. The number of benzene rings is 4. The van der Waals surface area contributed by atoms with Gasteiger partial charge in [0.05, 0.1) is 171 Å². The topological polar surface area (TPSA) is 313 Å². The molecule has 133 heavy (non-hydrogen) atoms. The molecule has 12 heterocycles. The molecule has 7 N–H and O–H groups in total. The second-order valence-corrected chi connectivity index (χ2v) is 36.8. The number of pyridine rings is 4. The Morgan fingerprint density at radius 1 is 0.391 bits per heavy atom. The Labute approximate surface area is 774 Å². The molecule has 4 amide bonds. The Morgan fingerprint density at radius 2 is 0.805 bits per heavy atom. The quantitative estimate of drug-likeness (QED) is 0.0280. The third kappa shape index (κ3) is 23.9. The molecule has 0 radical (unpaired) electrons. The number of anilines is 4. The number of ether oxygens (including phenoxy) is 3. The largest absolute Gasteiger partial charge is 0.381 e. The summed E-state index contributed by atoms with van der Waals surface area (Å²) in [6.45, 7) is 17.6. The average Bonchev–Trinajstić information content (AvgIpc) is 1.77. The Morgan fingerprint density at radius 3 is 1.24 bits per heavy atom. The van der Waals surface area contributed by atoms with Crippen molar-refractivity contribution in [1.29, 1.82) is 0 Å². The molecule has 0 spiro atoms. The zero-order chi connectivity index (χ0) is 91.4. The molecule has 5 aliphatic carbocycles. The third-order valence-electron chi connectivity index (χ3n) is 26.0. The summed E-state index contributed by atoms with van der Waals surface area (Å²) in [7, 11) is 1.92. The molecule has 4 aromatic carbocycles. The van der Waals surface area contributed by atoms with Gasteiger partial charge in [0.25, 0.3) is 23.6 Å². The Balaban J connectivity index is 0.000000119. The SMILES string of the molecule is Cc1cc(F)c(C(=O)NC2CC2)cc1-c1cnn(-c2cncc(N[C@H]3CCN(C)C[C@H]3F)c2)c1.Cc1ccc(C(=O)NC2CC2)cc1-c1cnn(-c2cncc(N3CCOCC3)c2)c1.Cc1ccc(C(=O)NC2CC2)cc1-c1cnn(-c2cncc(NC3CCCCC3)c2)c1.Cc1ccc(C(=O)NC2CC2)cc1-c1cnn(-c2cncc(NC3CCN(CC4COCCO4)CC3)c2)c1. The van der Waals surface area contributed by atoms with Crippen LogP contribution in [0.25, 0.3) is 67.3 Å². The minimum Gasteiger partial charge on any atom is -0.381 e. The molecular formula is C102H118F2N22O7. The van der Waals surface area contributed by atoms with Gasteiger partial charge in [0.2, 0.25) is 0 Å². The first-order valence-electron chi connectivity index (χ1n) is 47.0. The fourth-order valence-corrected chi connectivity index (χ4v) is 17.5. The van der Waals surface area contributed by atoms with Crippen molar-refractivity contribution < 1.29 is 42.2 Å². The molecular weight excluding hydrogens is 1680 g/mol. The lowest BCUT2D eigenvalue weighted by Crippen LogP contribution is -2.46. The van der Waals surface area contributed by atoms with E-state index in [1.54, 1.807) is 36.3 Å². The maximum atomic E-state index is 14.5.